The third-order valence-corrected chi connectivity index (χ3v) is 7.30. The van der Waals surface area contributed by atoms with Crippen molar-refractivity contribution in [1.82, 2.24) is 9.80 Å². The van der Waals surface area contributed by atoms with Gasteiger partial charge in [-0.05, 0) is 46.5 Å². The van der Waals surface area contributed by atoms with E-state index in [9.17, 15) is 18.4 Å². The molecule has 178 valence electrons. The van der Waals surface area contributed by atoms with Crippen LogP contribution in [-0.2, 0) is 19.1 Å². The van der Waals surface area contributed by atoms with Crippen molar-refractivity contribution in [3.05, 3.63) is 0 Å². The minimum atomic E-state index is -1.21. The molecule has 8 atom stereocenters. The van der Waals surface area contributed by atoms with Crippen molar-refractivity contribution in [2.24, 2.45) is 11.8 Å². The highest BCUT2D eigenvalue weighted by atomic mass is 19.1. The molecule has 6 unspecified atom stereocenters. The maximum Gasteiger partial charge on any atom is 0.229 e. The number of carbonyl (C=O) groups excluding carboxylic acids is 2. The van der Waals surface area contributed by atoms with Gasteiger partial charge < -0.3 is 19.3 Å². The highest BCUT2D eigenvalue weighted by molar-refractivity contribution is 5.82. The zero-order valence-corrected chi connectivity index (χ0v) is 19.3. The highest BCUT2D eigenvalue weighted by Crippen LogP contribution is 2.34. The van der Waals surface area contributed by atoms with Crippen molar-refractivity contribution in [3.63, 3.8) is 0 Å². The fraction of sp³-hybridized carbons (Fsp3) is 0.913. The van der Waals surface area contributed by atoms with Crippen LogP contribution in [-0.4, -0.2) is 85.1 Å². The lowest BCUT2D eigenvalue weighted by Gasteiger charge is -2.47. The van der Waals surface area contributed by atoms with Gasteiger partial charge in [-0.15, -0.1) is 0 Å². The van der Waals surface area contributed by atoms with E-state index in [2.05, 4.69) is 0 Å². The number of piperazine rings is 1. The molecule has 0 N–H and O–H groups in total. The summed E-state index contributed by atoms with van der Waals surface area (Å²) >= 11 is 0. The van der Waals surface area contributed by atoms with Crippen LogP contribution in [0.1, 0.15) is 59.3 Å². The van der Waals surface area contributed by atoms with Gasteiger partial charge in [-0.2, -0.15) is 0 Å². The molecular formula is C23H38F2N2O4. The molecule has 2 saturated carbocycles. The smallest absolute Gasteiger partial charge is 0.229 e. The fourth-order valence-electron chi connectivity index (χ4n) is 5.68. The predicted molar refractivity (Wildman–Crippen MR) is 113 cm³/mol. The van der Waals surface area contributed by atoms with E-state index in [0.29, 0.717) is 45.4 Å². The van der Waals surface area contributed by atoms with Crippen LogP contribution in [0.5, 0.6) is 0 Å². The van der Waals surface area contributed by atoms with Gasteiger partial charge in [-0.3, -0.25) is 9.59 Å². The first-order valence-electron chi connectivity index (χ1n) is 11.8. The van der Waals surface area contributed by atoms with Crippen LogP contribution in [0.25, 0.3) is 0 Å². The van der Waals surface area contributed by atoms with Crippen molar-refractivity contribution in [3.8, 4) is 0 Å². The maximum atomic E-state index is 14.8. The van der Waals surface area contributed by atoms with E-state index >= 15 is 0 Å². The van der Waals surface area contributed by atoms with Gasteiger partial charge in [0, 0.05) is 51.7 Å². The fourth-order valence-corrected chi connectivity index (χ4v) is 5.68. The molecule has 0 spiro atoms. The molecule has 3 rings (SSSR count). The molecule has 0 aromatic rings. The molecular weight excluding hydrogens is 406 g/mol. The molecule has 8 heteroatoms. The van der Waals surface area contributed by atoms with E-state index in [4.69, 9.17) is 9.47 Å². The second kappa shape index (κ2) is 10.6. The molecule has 6 nitrogen and oxygen atoms in total. The number of alkyl halides is 2. The first kappa shape index (κ1) is 24.4. The topological polar surface area (TPSA) is 59.1 Å². The summed E-state index contributed by atoms with van der Waals surface area (Å²) in [6, 6.07) is -0.462. The molecule has 1 saturated heterocycles. The highest BCUT2D eigenvalue weighted by Gasteiger charge is 2.44. The summed E-state index contributed by atoms with van der Waals surface area (Å²) in [7, 11) is 1.57. The molecule has 2 amide bonds. The third-order valence-electron chi connectivity index (χ3n) is 7.30. The standard InChI is InChI=1S/C23H38F2N2O4/c1-5-31-17-7-9-19(21(25)11-17)23(29)27-14(2)12-26(13-15(27)3)22(28)18-8-6-16(30-4)10-20(18)24/h14-21H,5-13H2,1-4H3/t14-,15-,16?,17?,18?,19?,20?,21?/m1/s1. The van der Waals surface area contributed by atoms with E-state index < -0.39 is 24.2 Å². The Hall–Kier alpha value is -1.28. The van der Waals surface area contributed by atoms with Crippen LogP contribution in [0.4, 0.5) is 8.78 Å². The Morgan fingerprint density at radius 2 is 1.39 bits per heavy atom. The number of rotatable bonds is 5. The quantitative estimate of drug-likeness (QED) is 0.654. The van der Waals surface area contributed by atoms with Gasteiger partial charge in [0.2, 0.25) is 11.8 Å². The van der Waals surface area contributed by atoms with Gasteiger partial charge in [0.25, 0.3) is 0 Å². The number of carbonyl (C=O) groups is 2. The van der Waals surface area contributed by atoms with E-state index in [1.807, 2.05) is 20.8 Å². The van der Waals surface area contributed by atoms with Gasteiger partial charge >= 0.3 is 0 Å². The Labute approximate surface area is 184 Å². The van der Waals surface area contributed by atoms with Crippen LogP contribution in [0.3, 0.4) is 0 Å². The van der Waals surface area contributed by atoms with E-state index in [1.54, 1.807) is 16.9 Å². The van der Waals surface area contributed by atoms with Gasteiger partial charge in [0.1, 0.15) is 12.3 Å². The Balaban J connectivity index is 1.59. The van der Waals surface area contributed by atoms with Crippen LogP contribution in [0, 0.1) is 11.8 Å². The van der Waals surface area contributed by atoms with Crippen LogP contribution in [0.15, 0.2) is 0 Å². The predicted octanol–water partition coefficient (Wildman–Crippen LogP) is 3.13. The Morgan fingerprint density at radius 3 is 1.90 bits per heavy atom. The largest absolute Gasteiger partial charge is 0.381 e. The van der Waals surface area contributed by atoms with Gasteiger partial charge in [0.15, 0.2) is 0 Å². The van der Waals surface area contributed by atoms with Crippen molar-refractivity contribution in [1.29, 1.82) is 0 Å². The number of hydrogen-bond acceptors (Lipinski definition) is 4. The minimum Gasteiger partial charge on any atom is -0.381 e. The maximum absolute atomic E-state index is 14.8. The molecule has 0 aromatic carbocycles. The number of nitrogens with zero attached hydrogens (tertiary/aromatic N) is 2. The lowest BCUT2D eigenvalue weighted by atomic mass is 9.83. The number of methoxy groups -OCH3 is 1. The lowest BCUT2D eigenvalue weighted by molar-refractivity contribution is -0.156. The molecule has 2 aliphatic carbocycles. The molecule has 3 aliphatic rings. The summed E-state index contributed by atoms with van der Waals surface area (Å²) in [6.45, 7) is 6.94. The zero-order valence-electron chi connectivity index (χ0n) is 19.3. The SMILES string of the molecule is CCOC1CCC(C(=O)N2[C@H](C)CN(C(=O)C3CCC(OC)CC3F)C[C@H]2C)C(F)C1. The second-order valence-electron chi connectivity index (χ2n) is 9.49. The molecule has 0 radical (unpaired) electrons. The second-order valence-corrected chi connectivity index (χ2v) is 9.49. The first-order chi connectivity index (χ1) is 14.8. The number of hydrogen-bond donors (Lipinski definition) is 0. The monoisotopic (exact) mass is 444 g/mol. The van der Waals surface area contributed by atoms with Crippen molar-refractivity contribution >= 4 is 11.8 Å². The average molecular weight is 445 g/mol. The summed E-state index contributed by atoms with van der Waals surface area (Å²) in [5, 5.41) is 0. The molecule has 0 aromatic heterocycles. The lowest BCUT2D eigenvalue weighted by Crippen LogP contribution is -2.62. The molecule has 1 aliphatic heterocycles. The van der Waals surface area contributed by atoms with Crippen molar-refractivity contribution in [2.75, 3.05) is 26.8 Å². The number of amides is 2. The van der Waals surface area contributed by atoms with Gasteiger partial charge in [-0.25, -0.2) is 8.78 Å². The number of halogens is 2. The van der Waals surface area contributed by atoms with Crippen LogP contribution < -0.4 is 0 Å². The Bertz CT molecular complexity index is 625. The Kier molecular flexibility index (Phi) is 8.30. The molecule has 0 bridgehead atoms. The first-order valence-corrected chi connectivity index (χ1v) is 11.8. The van der Waals surface area contributed by atoms with E-state index in [-0.39, 0.29) is 48.9 Å². The van der Waals surface area contributed by atoms with E-state index in [0.717, 1.165) is 0 Å². The summed E-state index contributed by atoms with van der Waals surface area (Å²) in [5.41, 5.74) is 0. The normalized spacial score (nSPS) is 39.4. The third kappa shape index (κ3) is 5.38. The average Bonchev–Trinajstić information content (AvgIpc) is 2.72. The summed E-state index contributed by atoms with van der Waals surface area (Å²) in [4.78, 5) is 29.7. The summed E-state index contributed by atoms with van der Waals surface area (Å²) in [6.07, 6.45) is 0.180. The molecule has 31 heavy (non-hydrogen) atoms. The van der Waals surface area contributed by atoms with Crippen molar-refractivity contribution in [2.45, 2.75) is 95.9 Å². The van der Waals surface area contributed by atoms with E-state index in [1.165, 1.54) is 0 Å². The minimum absolute atomic E-state index is 0.116. The van der Waals surface area contributed by atoms with Crippen LogP contribution >= 0.6 is 0 Å². The number of ether oxygens (including phenoxy) is 2. The van der Waals surface area contributed by atoms with Gasteiger partial charge in [-0.1, -0.05) is 0 Å². The molecule has 3 fully saturated rings. The zero-order chi connectivity index (χ0) is 22.7. The van der Waals surface area contributed by atoms with Crippen LogP contribution in [0.2, 0.25) is 0 Å². The molecule has 1 heterocycles. The Morgan fingerprint density at radius 1 is 0.871 bits per heavy atom. The van der Waals surface area contributed by atoms with Crippen molar-refractivity contribution < 1.29 is 27.8 Å². The van der Waals surface area contributed by atoms with Gasteiger partial charge in [0.05, 0.1) is 24.0 Å². The summed E-state index contributed by atoms with van der Waals surface area (Å²) < 4.78 is 40.2. The summed E-state index contributed by atoms with van der Waals surface area (Å²) in [5.74, 6) is -1.63.